The van der Waals surface area contributed by atoms with Crippen LogP contribution in [0.15, 0.2) is 66.7 Å². The van der Waals surface area contributed by atoms with Gasteiger partial charge in [-0.3, -0.25) is 4.90 Å². The maximum atomic E-state index is 11.3. The van der Waals surface area contributed by atoms with Crippen molar-refractivity contribution in [3.8, 4) is 5.75 Å². The fraction of sp³-hybridized carbons (Fsp3) is 0.250. The van der Waals surface area contributed by atoms with Gasteiger partial charge in [0, 0.05) is 25.7 Å². The molecule has 5 rings (SSSR count). The zero-order chi connectivity index (χ0) is 25.9. The van der Waals surface area contributed by atoms with E-state index in [1.54, 1.807) is 31.4 Å². The number of methoxy groups -OCH3 is 1. The average Bonchev–Trinajstić information content (AvgIpc) is 3.28. The molecule has 0 radical (unpaired) electrons. The van der Waals surface area contributed by atoms with Crippen molar-refractivity contribution in [1.29, 1.82) is 0 Å². The highest BCUT2D eigenvalue weighted by atomic mass is 16.5. The van der Waals surface area contributed by atoms with E-state index in [0.29, 0.717) is 32.8 Å². The lowest BCUT2D eigenvalue weighted by atomic mass is 10.1. The number of nitrogens with zero attached hydrogens (tertiary/aromatic N) is 3. The van der Waals surface area contributed by atoms with Crippen LogP contribution in [0.1, 0.15) is 43.7 Å². The van der Waals surface area contributed by atoms with E-state index in [-0.39, 0.29) is 17.2 Å². The zero-order valence-corrected chi connectivity index (χ0v) is 20.3. The highest BCUT2D eigenvalue weighted by Gasteiger charge is 2.26. The van der Waals surface area contributed by atoms with Crippen LogP contribution in [0, 0.1) is 0 Å². The molecule has 37 heavy (non-hydrogen) atoms. The molecule has 0 spiro atoms. The Bertz CT molecular complexity index is 1370. The van der Waals surface area contributed by atoms with Crippen molar-refractivity contribution in [2.75, 3.05) is 20.3 Å². The Hall–Kier alpha value is -4.21. The van der Waals surface area contributed by atoms with Gasteiger partial charge in [0.15, 0.2) is 0 Å². The summed E-state index contributed by atoms with van der Waals surface area (Å²) in [5, 5.41) is 18.5. The fourth-order valence-corrected chi connectivity index (χ4v) is 4.76. The molecule has 1 aromatic heterocycles. The Kier molecular flexibility index (Phi) is 6.89. The summed E-state index contributed by atoms with van der Waals surface area (Å²) in [4.78, 5) is 29.6. The van der Waals surface area contributed by atoms with Gasteiger partial charge in [-0.2, -0.15) is 0 Å². The molecule has 0 saturated carbocycles. The number of carboxylic acid groups (broad SMARTS) is 2. The molecular weight excluding hydrogens is 474 g/mol. The van der Waals surface area contributed by atoms with E-state index in [1.807, 2.05) is 42.5 Å². The van der Waals surface area contributed by atoms with Gasteiger partial charge in [-0.05, 0) is 47.5 Å². The summed E-state index contributed by atoms with van der Waals surface area (Å²) in [6.45, 7) is 2.75. The molecular formula is C28H27N3O6. The summed E-state index contributed by atoms with van der Waals surface area (Å²) in [5.74, 6) is -0.317. The van der Waals surface area contributed by atoms with Crippen LogP contribution in [0.5, 0.6) is 5.75 Å². The summed E-state index contributed by atoms with van der Waals surface area (Å²) in [6, 6.07) is 19.6. The van der Waals surface area contributed by atoms with E-state index >= 15 is 0 Å². The van der Waals surface area contributed by atoms with Crippen LogP contribution in [0.25, 0.3) is 11.0 Å². The van der Waals surface area contributed by atoms with Crippen LogP contribution in [0.2, 0.25) is 0 Å². The Labute approximate surface area is 213 Å². The molecule has 190 valence electrons. The van der Waals surface area contributed by atoms with E-state index in [9.17, 15) is 19.8 Å². The van der Waals surface area contributed by atoms with Crippen molar-refractivity contribution < 1.29 is 29.3 Å². The molecule has 1 aliphatic heterocycles. The smallest absolute Gasteiger partial charge is 0.335 e. The number of aromatic carboxylic acids is 2. The minimum absolute atomic E-state index is 0.00118. The zero-order valence-electron chi connectivity index (χ0n) is 20.3. The van der Waals surface area contributed by atoms with Crippen LogP contribution < -0.4 is 4.74 Å². The third-order valence-electron chi connectivity index (χ3n) is 6.56. The van der Waals surface area contributed by atoms with Gasteiger partial charge in [-0.25, -0.2) is 14.6 Å². The highest BCUT2D eigenvalue weighted by Crippen LogP contribution is 2.29. The lowest BCUT2D eigenvalue weighted by molar-refractivity contribution is 0.0402. The molecule has 9 heteroatoms. The minimum atomic E-state index is -0.961. The van der Waals surface area contributed by atoms with E-state index in [4.69, 9.17) is 14.5 Å². The van der Waals surface area contributed by atoms with Gasteiger partial charge in [0.1, 0.15) is 18.2 Å². The molecule has 3 aromatic carbocycles. The molecule has 1 atom stereocenters. The average molecular weight is 502 g/mol. The second-order valence-corrected chi connectivity index (χ2v) is 9.10. The van der Waals surface area contributed by atoms with Crippen molar-refractivity contribution in [3.05, 3.63) is 94.8 Å². The maximum absolute atomic E-state index is 11.3. The molecule has 2 heterocycles. The molecule has 0 aliphatic carbocycles. The normalized spacial score (nSPS) is 15.0. The van der Waals surface area contributed by atoms with Gasteiger partial charge >= 0.3 is 11.9 Å². The fourth-order valence-electron chi connectivity index (χ4n) is 4.76. The number of carboxylic acids is 2. The van der Waals surface area contributed by atoms with Gasteiger partial charge in [0.2, 0.25) is 0 Å². The number of carbonyl (C=O) groups is 2. The summed E-state index contributed by atoms with van der Waals surface area (Å²) in [6.07, 6.45) is 0. The molecule has 9 nitrogen and oxygen atoms in total. The van der Waals surface area contributed by atoms with Crippen LogP contribution >= 0.6 is 0 Å². The van der Waals surface area contributed by atoms with E-state index in [1.165, 1.54) is 0 Å². The number of imidazole rings is 1. The third-order valence-corrected chi connectivity index (χ3v) is 6.56. The number of benzene rings is 3. The summed E-state index contributed by atoms with van der Waals surface area (Å²) in [5.41, 5.74) is 4.30. The predicted molar refractivity (Wildman–Crippen MR) is 136 cm³/mol. The van der Waals surface area contributed by atoms with Crippen molar-refractivity contribution in [2.24, 2.45) is 0 Å². The number of hydrogen-bond acceptors (Lipinski definition) is 6. The first-order chi connectivity index (χ1) is 17.9. The molecule has 0 fully saturated rings. The molecule has 0 amide bonds. The van der Waals surface area contributed by atoms with Crippen molar-refractivity contribution in [3.63, 3.8) is 0 Å². The number of fused-ring (bicyclic) bond motifs is 3. The number of ether oxygens (including phenoxy) is 2. The largest absolute Gasteiger partial charge is 0.497 e. The third kappa shape index (κ3) is 5.32. The first kappa shape index (κ1) is 24.5. The van der Waals surface area contributed by atoms with Crippen LogP contribution in [-0.4, -0.2) is 56.9 Å². The van der Waals surface area contributed by atoms with Gasteiger partial charge < -0.3 is 24.3 Å². The summed E-state index contributed by atoms with van der Waals surface area (Å²) >= 11 is 0. The highest BCUT2D eigenvalue weighted by molar-refractivity contribution is 5.88. The monoisotopic (exact) mass is 501 g/mol. The maximum Gasteiger partial charge on any atom is 0.335 e. The molecule has 0 saturated heterocycles. The number of hydrogen-bond donors (Lipinski definition) is 2. The van der Waals surface area contributed by atoms with E-state index < -0.39 is 11.9 Å². The Morgan fingerprint density at radius 1 is 0.973 bits per heavy atom. The second kappa shape index (κ2) is 10.4. The Balaban J connectivity index is 1.44. The lowest BCUT2D eigenvalue weighted by Gasteiger charge is -2.32. The molecule has 1 aliphatic rings. The predicted octanol–water partition coefficient (Wildman–Crippen LogP) is 4.22. The van der Waals surface area contributed by atoms with Crippen molar-refractivity contribution in [1.82, 2.24) is 14.5 Å². The minimum Gasteiger partial charge on any atom is -0.497 e. The topological polar surface area (TPSA) is 114 Å². The van der Waals surface area contributed by atoms with Crippen molar-refractivity contribution >= 4 is 23.0 Å². The van der Waals surface area contributed by atoms with E-state index in [2.05, 4.69) is 9.47 Å². The first-order valence-electron chi connectivity index (χ1n) is 11.9. The van der Waals surface area contributed by atoms with Crippen LogP contribution in [0.4, 0.5) is 0 Å². The van der Waals surface area contributed by atoms with Gasteiger partial charge in [-0.15, -0.1) is 0 Å². The molecule has 0 unspecified atom stereocenters. The van der Waals surface area contributed by atoms with Crippen LogP contribution in [-0.2, 0) is 24.4 Å². The summed E-state index contributed by atoms with van der Waals surface area (Å²) < 4.78 is 13.5. The number of aromatic nitrogens is 2. The molecule has 4 aromatic rings. The molecule has 2 N–H and O–H groups in total. The Morgan fingerprint density at radius 2 is 1.57 bits per heavy atom. The lowest BCUT2D eigenvalue weighted by Crippen LogP contribution is -2.35. The van der Waals surface area contributed by atoms with Gasteiger partial charge in [0.25, 0.3) is 0 Å². The first-order valence-corrected chi connectivity index (χ1v) is 11.9. The number of rotatable bonds is 9. The van der Waals surface area contributed by atoms with E-state index in [0.717, 1.165) is 33.7 Å². The Morgan fingerprint density at radius 3 is 2.11 bits per heavy atom. The second-order valence-electron chi connectivity index (χ2n) is 9.10. The van der Waals surface area contributed by atoms with Crippen molar-refractivity contribution in [2.45, 2.75) is 25.7 Å². The van der Waals surface area contributed by atoms with Gasteiger partial charge in [-0.1, -0.05) is 24.3 Å². The van der Waals surface area contributed by atoms with Crippen LogP contribution in [0.3, 0.4) is 0 Å². The quantitative estimate of drug-likeness (QED) is 0.351. The standard InChI is InChI=1S/C28H27N3O6/c1-36-23-10-11-25-24(12-23)29-26-17-37-16-22(31(25)26)15-30(13-18-2-6-20(7-3-18)27(32)33)14-19-4-8-21(9-5-19)28(34)35/h2-12,22H,13-17H2,1H3,(H,32,33)(H,34,35)/t22-/m0/s1. The SMILES string of the molecule is COc1ccc2c(c1)nc1n2[C@@H](CN(Cc2ccc(C(=O)O)cc2)Cc2ccc(C(=O)O)cc2)COC1. The van der Waals surface area contributed by atoms with Gasteiger partial charge in [0.05, 0.1) is 41.9 Å². The summed E-state index contributed by atoms with van der Waals surface area (Å²) in [7, 11) is 1.63. The molecule has 0 bridgehead atoms.